The molecule has 6 nitrogen and oxygen atoms in total. The lowest BCUT2D eigenvalue weighted by molar-refractivity contribution is -0.124. The predicted molar refractivity (Wildman–Crippen MR) is 100 cm³/mol. The first-order valence-electron chi connectivity index (χ1n) is 9.11. The van der Waals surface area contributed by atoms with Gasteiger partial charge < -0.3 is 10.4 Å². The summed E-state index contributed by atoms with van der Waals surface area (Å²) in [6.45, 7) is 3.13. The Hall–Kier alpha value is -2.18. The highest BCUT2D eigenvalue weighted by atomic mass is 16.3. The van der Waals surface area contributed by atoms with Crippen molar-refractivity contribution in [3.63, 3.8) is 0 Å². The minimum Gasteiger partial charge on any atom is -0.393 e. The van der Waals surface area contributed by atoms with E-state index >= 15 is 0 Å². The topological polar surface area (TPSA) is 70.4 Å². The van der Waals surface area contributed by atoms with Crippen LogP contribution in [0.25, 0.3) is 0 Å². The van der Waals surface area contributed by atoms with Gasteiger partial charge in [-0.05, 0) is 38.3 Å². The molecular weight excluding hydrogens is 328 g/mol. The maximum Gasteiger partial charge on any atom is 0.234 e. The van der Waals surface area contributed by atoms with Gasteiger partial charge >= 0.3 is 0 Å². The van der Waals surface area contributed by atoms with Crippen molar-refractivity contribution in [2.24, 2.45) is 13.0 Å². The quantitative estimate of drug-likeness (QED) is 0.793. The Morgan fingerprint density at radius 1 is 1.38 bits per heavy atom. The predicted octanol–water partition coefficient (Wildman–Crippen LogP) is 1.79. The highest BCUT2D eigenvalue weighted by Gasteiger charge is 2.36. The molecule has 1 amide bonds. The van der Waals surface area contributed by atoms with Crippen LogP contribution in [0.1, 0.15) is 35.6 Å². The van der Waals surface area contributed by atoms with Crippen LogP contribution in [0, 0.1) is 12.8 Å². The van der Waals surface area contributed by atoms with Gasteiger partial charge in [0.15, 0.2) is 0 Å². The van der Waals surface area contributed by atoms with Crippen molar-refractivity contribution >= 4 is 5.91 Å². The third kappa shape index (κ3) is 4.71. The van der Waals surface area contributed by atoms with Crippen LogP contribution in [0.15, 0.2) is 36.7 Å². The summed E-state index contributed by atoms with van der Waals surface area (Å²) in [5.41, 5.74) is 3.42. The first-order chi connectivity index (χ1) is 12.4. The number of aryl methyl sites for hydroxylation is 2. The number of carbonyl (C=O) groups is 1. The van der Waals surface area contributed by atoms with Crippen LogP contribution in [0.3, 0.4) is 0 Å². The summed E-state index contributed by atoms with van der Waals surface area (Å²) >= 11 is 0. The minimum atomic E-state index is -0.250. The standard InChI is InChI=1S/C20H28N4O2/c1-14-4-6-15(7-5-14)11-23(2)13-19(26)22-20(16-8-18(25)9-16)17-10-21-24(3)12-17/h4-7,10,12,16,18,20,25H,8-9,11,13H2,1-3H3,(H,22,26)/t16?,18?,20-/m0/s1. The first-order valence-corrected chi connectivity index (χ1v) is 9.11. The second-order valence-electron chi connectivity index (χ2n) is 7.54. The molecule has 26 heavy (non-hydrogen) atoms. The number of amides is 1. The smallest absolute Gasteiger partial charge is 0.234 e. The molecule has 1 aromatic carbocycles. The molecule has 1 heterocycles. The van der Waals surface area contributed by atoms with E-state index in [0.29, 0.717) is 6.54 Å². The number of aromatic nitrogens is 2. The molecule has 1 fully saturated rings. The van der Waals surface area contributed by atoms with Crippen LogP contribution in [0.5, 0.6) is 0 Å². The molecule has 6 heteroatoms. The summed E-state index contributed by atoms with van der Waals surface area (Å²) in [6.07, 6.45) is 4.93. The number of carbonyl (C=O) groups excluding carboxylic acids is 1. The Labute approximate surface area is 154 Å². The molecule has 1 saturated carbocycles. The van der Waals surface area contributed by atoms with Crippen molar-refractivity contribution in [2.75, 3.05) is 13.6 Å². The number of hydrogen-bond donors (Lipinski definition) is 2. The molecule has 2 N–H and O–H groups in total. The third-order valence-electron chi connectivity index (χ3n) is 5.01. The van der Waals surface area contributed by atoms with E-state index in [1.807, 2.05) is 25.2 Å². The van der Waals surface area contributed by atoms with Gasteiger partial charge in [0.05, 0.1) is 24.9 Å². The van der Waals surface area contributed by atoms with Gasteiger partial charge in [-0.25, -0.2) is 0 Å². The van der Waals surface area contributed by atoms with Crippen molar-refractivity contribution in [3.05, 3.63) is 53.3 Å². The maximum atomic E-state index is 12.6. The normalized spacial score (nSPS) is 20.7. The Morgan fingerprint density at radius 3 is 2.65 bits per heavy atom. The summed E-state index contributed by atoms with van der Waals surface area (Å²) in [6, 6.07) is 8.27. The molecule has 0 spiro atoms. The van der Waals surface area contributed by atoms with E-state index < -0.39 is 0 Å². The summed E-state index contributed by atoms with van der Waals surface area (Å²) in [4.78, 5) is 14.6. The lowest BCUT2D eigenvalue weighted by atomic mass is 9.75. The fraction of sp³-hybridized carbons (Fsp3) is 0.500. The van der Waals surface area contributed by atoms with E-state index in [4.69, 9.17) is 0 Å². The molecule has 0 unspecified atom stereocenters. The number of nitrogens with one attached hydrogen (secondary N) is 1. The highest BCUT2D eigenvalue weighted by molar-refractivity contribution is 5.78. The van der Waals surface area contributed by atoms with Crippen molar-refractivity contribution in [1.29, 1.82) is 0 Å². The van der Waals surface area contributed by atoms with Gasteiger partial charge in [0.2, 0.25) is 5.91 Å². The second kappa shape index (κ2) is 8.01. The molecule has 1 aliphatic rings. The maximum absolute atomic E-state index is 12.6. The Bertz CT molecular complexity index is 735. The molecule has 0 radical (unpaired) electrons. The largest absolute Gasteiger partial charge is 0.393 e. The number of aliphatic hydroxyl groups is 1. The zero-order chi connectivity index (χ0) is 18.7. The summed E-state index contributed by atoms with van der Waals surface area (Å²) in [5.74, 6) is 0.260. The molecule has 1 atom stereocenters. The summed E-state index contributed by atoms with van der Waals surface area (Å²) in [5, 5.41) is 17.0. The molecule has 0 saturated heterocycles. The molecule has 3 rings (SSSR count). The molecule has 1 aromatic heterocycles. The second-order valence-corrected chi connectivity index (χ2v) is 7.54. The first kappa shape index (κ1) is 18.6. The highest BCUT2D eigenvalue weighted by Crippen LogP contribution is 2.37. The fourth-order valence-corrected chi connectivity index (χ4v) is 3.50. The average Bonchev–Trinajstić information content (AvgIpc) is 2.98. The van der Waals surface area contributed by atoms with Crippen molar-refractivity contribution in [3.8, 4) is 0 Å². The minimum absolute atomic E-state index is 0.00476. The van der Waals surface area contributed by atoms with Gasteiger partial charge in [0.25, 0.3) is 0 Å². The lowest BCUT2D eigenvalue weighted by Crippen LogP contribution is -2.44. The van der Waals surface area contributed by atoms with E-state index in [0.717, 1.165) is 24.9 Å². The van der Waals surface area contributed by atoms with Gasteiger partial charge in [-0.3, -0.25) is 14.4 Å². The zero-order valence-corrected chi connectivity index (χ0v) is 15.7. The zero-order valence-electron chi connectivity index (χ0n) is 15.7. The number of likely N-dealkylation sites (N-methyl/N-ethyl adjacent to an activating group) is 1. The van der Waals surface area contributed by atoms with Crippen molar-refractivity contribution in [1.82, 2.24) is 20.0 Å². The van der Waals surface area contributed by atoms with Crippen molar-refractivity contribution in [2.45, 2.75) is 38.5 Å². The molecular formula is C20H28N4O2. The van der Waals surface area contributed by atoms with Gasteiger partial charge in [0.1, 0.15) is 0 Å². The van der Waals surface area contributed by atoms with E-state index in [-0.39, 0.29) is 24.0 Å². The number of rotatable bonds is 7. The van der Waals surface area contributed by atoms with Crippen LogP contribution in [-0.2, 0) is 18.4 Å². The fourth-order valence-electron chi connectivity index (χ4n) is 3.50. The number of nitrogens with zero attached hydrogens (tertiary/aromatic N) is 3. The molecule has 1 aliphatic carbocycles. The number of hydrogen-bond acceptors (Lipinski definition) is 4. The van der Waals surface area contributed by atoms with Crippen molar-refractivity contribution < 1.29 is 9.90 Å². The van der Waals surface area contributed by atoms with Crippen LogP contribution < -0.4 is 5.32 Å². The molecule has 140 valence electrons. The van der Waals surface area contributed by atoms with Crippen LogP contribution in [-0.4, -0.2) is 45.4 Å². The van der Waals surface area contributed by atoms with Gasteiger partial charge in [0, 0.05) is 25.4 Å². The van der Waals surface area contributed by atoms with E-state index in [9.17, 15) is 9.90 Å². The van der Waals surface area contributed by atoms with Crippen LogP contribution >= 0.6 is 0 Å². The monoisotopic (exact) mass is 356 g/mol. The molecule has 2 aromatic rings. The van der Waals surface area contributed by atoms with E-state index in [1.165, 1.54) is 11.1 Å². The lowest BCUT2D eigenvalue weighted by Gasteiger charge is -2.37. The Balaban J connectivity index is 1.57. The average molecular weight is 356 g/mol. The van der Waals surface area contributed by atoms with E-state index in [1.54, 1.807) is 10.9 Å². The molecule has 0 aliphatic heterocycles. The van der Waals surface area contributed by atoms with Gasteiger partial charge in [-0.1, -0.05) is 29.8 Å². The SMILES string of the molecule is Cc1ccc(CN(C)CC(=O)N[C@H](c2cnn(C)c2)C2CC(O)C2)cc1. The third-order valence-corrected chi connectivity index (χ3v) is 5.01. The van der Waals surface area contributed by atoms with Gasteiger partial charge in [-0.2, -0.15) is 5.10 Å². The number of aliphatic hydroxyl groups excluding tert-OH is 1. The van der Waals surface area contributed by atoms with Crippen LogP contribution in [0.2, 0.25) is 0 Å². The Kier molecular flexibility index (Phi) is 5.74. The molecule has 0 bridgehead atoms. The summed E-state index contributed by atoms with van der Waals surface area (Å²) in [7, 11) is 3.82. The van der Waals surface area contributed by atoms with Crippen LogP contribution in [0.4, 0.5) is 0 Å². The van der Waals surface area contributed by atoms with E-state index in [2.05, 4.69) is 41.6 Å². The van der Waals surface area contributed by atoms with Gasteiger partial charge in [-0.15, -0.1) is 0 Å². The Morgan fingerprint density at radius 2 is 2.08 bits per heavy atom. The number of benzene rings is 1. The summed E-state index contributed by atoms with van der Waals surface area (Å²) < 4.78 is 1.74.